The molecule has 1 saturated carbocycles. The number of hydrogen-bond donors (Lipinski definition) is 0. The minimum Gasteiger partial charge on any atom is -0.470 e. The van der Waals surface area contributed by atoms with Gasteiger partial charge < -0.3 is 14.4 Å². The highest BCUT2D eigenvalue weighted by atomic mass is 19.4. The van der Waals surface area contributed by atoms with Crippen LogP contribution in [0.15, 0.2) is 12.3 Å². The van der Waals surface area contributed by atoms with E-state index in [0.29, 0.717) is 31.6 Å². The number of piperidine rings is 2. The van der Waals surface area contributed by atoms with Crippen LogP contribution in [-0.2, 0) is 10.9 Å². The molecule has 4 rings (SSSR count). The molecule has 150 valence electrons. The van der Waals surface area contributed by atoms with Crippen molar-refractivity contribution in [1.29, 1.82) is 0 Å². The number of nitrogens with zero attached hydrogens (tertiary/aromatic N) is 2. The van der Waals surface area contributed by atoms with Gasteiger partial charge >= 0.3 is 12.3 Å². The molecule has 1 aromatic rings. The average molecular weight is 390 g/mol. The molecule has 3 atom stereocenters. The zero-order valence-corrected chi connectivity index (χ0v) is 15.3. The molecule has 0 aromatic carbocycles. The topological polar surface area (TPSA) is 51.7 Å². The lowest BCUT2D eigenvalue weighted by Crippen LogP contribution is -2.60. The summed E-state index contributed by atoms with van der Waals surface area (Å²) in [6.07, 6.45) is -2.97. The van der Waals surface area contributed by atoms with Gasteiger partial charge in [0, 0.05) is 12.7 Å². The van der Waals surface area contributed by atoms with Gasteiger partial charge in [-0.15, -0.1) is 0 Å². The van der Waals surface area contributed by atoms with Gasteiger partial charge in [0.2, 0.25) is 0 Å². The van der Waals surface area contributed by atoms with Gasteiger partial charge in [0.05, 0.1) is 11.6 Å². The maximum Gasteiger partial charge on any atom is 0.417 e. The van der Waals surface area contributed by atoms with Gasteiger partial charge in [-0.05, 0) is 52.0 Å². The first kappa shape index (κ1) is 19.7. The van der Waals surface area contributed by atoms with Crippen LogP contribution in [0.4, 0.5) is 22.4 Å². The number of halogens is 4. The van der Waals surface area contributed by atoms with Gasteiger partial charge in [-0.25, -0.2) is 14.2 Å². The largest absolute Gasteiger partial charge is 0.470 e. The fourth-order valence-corrected chi connectivity index (χ4v) is 3.60. The van der Waals surface area contributed by atoms with Gasteiger partial charge in [0.25, 0.3) is 5.88 Å². The first-order valence-electron chi connectivity index (χ1n) is 8.83. The SMILES string of the molecule is CC(C)(C)OC(=O)N1C[C@@H]2CC[C@H]1[C@H](Oc1ncc(C(F)(F)F)cc1F)C2. The number of ether oxygens (including phenoxy) is 2. The maximum atomic E-state index is 14.1. The molecule has 2 aliphatic heterocycles. The maximum absolute atomic E-state index is 14.1. The van der Waals surface area contributed by atoms with Crippen molar-refractivity contribution in [3.63, 3.8) is 0 Å². The Kier molecular flexibility index (Phi) is 4.98. The zero-order valence-electron chi connectivity index (χ0n) is 15.3. The summed E-state index contributed by atoms with van der Waals surface area (Å²) in [5, 5.41) is 0. The number of pyridine rings is 1. The van der Waals surface area contributed by atoms with Crippen LogP contribution in [0.3, 0.4) is 0 Å². The second kappa shape index (κ2) is 6.83. The Morgan fingerprint density at radius 1 is 1.26 bits per heavy atom. The molecule has 0 unspecified atom stereocenters. The molecule has 2 saturated heterocycles. The molecule has 1 aliphatic carbocycles. The van der Waals surface area contributed by atoms with Gasteiger partial charge in [0.1, 0.15) is 11.7 Å². The van der Waals surface area contributed by atoms with Crippen LogP contribution < -0.4 is 4.74 Å². The Balaban J connectivity index is 1.75. The third-order valence-electron chi connectivity index (χ3n) is 4.75. The summed E-state index contributed by atoms with van der Waals surface area (Å²) in [7, 11) is 0. The van der Waals surface area contributed by atoms with Gasteiger partial charge in [-0.3, -0.25) is 0 Å². The molecule has 3 aliphatic rings. The zero-order chi connectivity index (χ0) is 20.0. The molecule has 27 heavy (non-hydrogen) atoms. The van der Waals surface area contributed by atoms with Crippen LogP contribution in [0.5, 0.6) is 5.88 Å². The number of hydrogen-bond acceptors (Lipinski definition) is 4. The smallest absolute Gasteiger partial charge is 0.417 e. The molecular weight excluding hydrogens is 368 g/mol. The summed E-state index contributed by atoms with van der Waals surface area (Å²) in [6.45, 7) is 5.83. The Hall–Kier alpha value is -2.06. The van der Waals surface area contributed by atoms with Crippen molar-refractivity contribution in [3.8, 4) is 5.88 Å². The van der Waals surface area contributed by atoms with E-state index in [1.807, 2.05) is 0 Å². The van der Waals surface area contributed by atoms with Crippen LogP contribution in [0.25, 0.3) is 0 Å². The van der Waals surface area contributed by atoms with Crippen molar-refractivity contribution in [1.82, 2.24) is 9.88 Å². The van der Waals surface area contributed by atoms with Crippen LogP contribution in [0, 0.1) is 11.7 Å². The van der Waals surface area contributed by atoms with E-state index in [1.165, 1.54) is 0 Å². The first-order chi connectivity index (χ1) is 12.4. The van der Waals surface area contributed by atoms with E-state index in [2.05, 4.69) is 4.98 Å². The predicted octanol–water partition coefficient (Wildman–Crippen LogP) is 4.41. The second-order valence-corrected chi connectivity index (χ2v) is 8.04. The summed E-state index contributed by atoms with van der Waals surface area (Å²) in [5.41, 5.74) is -1.82. The van der Waals surface area contributed by atoms with Crippen molar-refractivity contribution in [2.75, 3.05) is 6.54 Å². The van der Waals surface area contributed by atoms with Crippen LogP contribution >= 0.6 is 0 Å². The third kappa shape index (κ3) is 4.44. The standard InChI is InChI=1S/C18H22F4N2O3/c1-17(2,3)27-16(25)24-9-10-4-5-13(24)14(6-10)26-15-12(19)7-11(8-23-15)18(20,21)22/h7-8,10,13-14H,4-6,9H2,1-3H3/t10-,13+,14-/m1/s1. The monoisotopic (exact) mass is 390 g/mol. The quantitative estimate of drug-likeness (QED) is 0.702. The molecular formula is C18H22F4N2O3. The van der Waals surface area contributed by atoms with Gasteiger partial charge in [-0.1, -0.05) is 0 Å². The van der Waals surface area contributed by atoms with E-state index in [4.69, 9.17) is 9.47 Å². The highest BCUT2D eigenvalue weighted by Gasteiger charge is 2.46. The lowest BCUT2D eigenvalue weighted by Gasteiger charge is -2.49. The van der Waals surface area contributed by atoms with Crippen LogP contribution in [0.1, 0.15) is 45.6 Å². The number of fused-ring (bicyclic) bond motifs is 3. The third-order valence-corrected chi connectivity index (χ3v) is 4.75. The molecule has 0 radical (unpaired) electrons. The summed E-state index contributed by atoms with van der Waals surface area (Å²) in [4.78, 5) is 17.5. The summed E-state index contributed by atoms with van der Waals surface area (Å²) < 4.78 is 63.0. The van der Waals surface area contributed by atoms with Crippen molar-refractivity contribution < 1.29 is 31.8 Å². The van der Waals surface area contributed by atoms with E-state index in [-0.39, 0.29) is 12.0 Å². The minimum absolute atomic E-state index is 0.171. The number of alkyl halides is 3. The minimum atomic E-state index is -4.68. The molecule has 2 bridgehead atoms. The van der Waals surface area contributed by atoms with Crippen molar-refractivity contribution >= 4 is 6.09 Å². The normalized spacial score (nSPS) is 25.4. The van der Waals surface area contributed by atoms with Gasteiger partial charge in [-0.2, -0.15) is 13.2 Å². The molecule has 5 nitrogen and oxygen atoms in total. The number of amides is 1. The predicted molar refractivity (Wildman–Crippen MR) is 87.7 cm³/mol. The Labute approximate surface area is 154 Å². The van der Waals surface area contributed by atoms with Gasteiger partial charge in [0.15, 0.2) is 5.82 Å². The number of rotatable bonds is 2. The fraction of sp³-hybridized carbons (Fsp3) is 0.667. The fourth-order valence-electron chi connectivity index (χ4n) is 3.60. The number of carbonyl (C=O) groups is 1. The first-order valence-corrected chi connectivity index (χ1v) is 8.83. The molecule has 1 amide bonds. The second-order valence-electron chi connectivity index (χ2n) is 8.04. The summed E-state index contributed by atoms with van der Waals surface area (Å²) >= 11 is 0. The Morgan fingerprint density at radius 3 is 2.52 bits per heavy atom. The highest BCUT2D eigenvalue weighted by molar-refractivity contribution is 5.69. The van der Waals surface area contributed by atoms with E-state index in [9.17, 15) is 22.4 Å². The van der Waals surface area contributed by atoms with E-state index < -0.39 is 41.2 Å². The van der Waals surface area contributed by atoms with Crippen molar-refractivity contribution in [2.45, 2.75) is 64.0 Å². The van der Waals surface area contributed by atoms with Crippen LogP contribution in [-0.4, -0.2) is 40.3 Å². The van der Waals surface area contributed by atoms with E-state index in [0.717, 1.165) is 6.42 Å². The van der Waals surface area contributed by atoms with Crippen molar-refractivity contribution in [2.24, 2.45) is 5.92 Å². The van der Waals surface area contributed by atoms with E-state index >= 15 is 0 Å². The molecule has 0 N–H and O–H groups in total. The highest BCUT2D eigenvalue weighted by Crippen LogP contribution is 2.38. The molecule has 9 heteroatoms. The number of aromatic nitrogens is 1. The molecule has 3 fully saturated rings. The van der Waals surface area contributed by atoms with Crippen molar-refractivity contribution in [3.05, 3.63) is 23.6 Å². The van der Waals surface area contributed by atoms with E-state index in [1.54, 1.807) is 25.7 Å². The lowest BCUT2D eigenvalue weighted by molar-refractivity contribution is -0.138. The molecule has 0 spiro atoms. The summed E-state index contributed by atoms with van der Waals surface area (Å²) in [6, 6.07) is 0.0445. The Bertz CT molecular complexity index is 718. The molecule has 1 aromatic heterocycles. The molecule has 3 heterocycles. The number of carbonyl (C=O) groups excluding carboxylic acids is 1. The lowest BCUT2D eigenvalue weighted by atomic mass is 9.78. The Morgan fingerprint density at radius 2 is 1.96 bits per heavy atom. The summed E-state index contributed by atoms with van der Waals surface area (Å²) in [5.74, 6) is -1.48. The average Bonchev–Trinajstić information content (AvgIpc) is 2.54. The van der Waals surface area contributed by atoms with Crippen LogP contribution in [0.2, 0.25) is 0 Å².